The second kappa shape index (κ2) is 4.54. The molecule has 3 aromatic rings. The van der Waals surface area contributed by atoms with Crippen molar-refractivity contribution in [2.24, 2.45) is 5.92 Å². The second-order valence-corrected chi connectivity index (χ2v) is 5.73. The molecule has 0 radical (unpaired) electrons. The van der Waals surface area contributed by atoms with Gasteiger partial charge in [-0.25, -0.2) is 14.4 Å². The first-order valence-electron chi connectivity index (χ1n) is 6.91. The molecule has 0 bridgehead atoms. The first-order chi connectivity index (χ1) is 9.47. The molecular weight excluding hydrogens is 253 g/mol. The third-order valence-corrected chi connectivity index (χ3v) is 3.52. The van der Waals surface area contributed by atoms with E-state index in [1.165, 1.54) is 6.07 Å². The first-order valence-corrected chi connectivity index (χ1v) is 6.91. The third-order valence-electron chi connectivity index (χ3n) is 3.52. The van der Waals surface area contributed by atoms with Crippen molar-refractivity contribution in [3.63, 3.8) is 0 Å². The van der Waals surface area contributed by atoms with Crippen molar-refractivity contribution in [1.29, 1.82) is 0 Å². The highest BCUT2D eigenvalue weighted by Gasteiger charge is 2.15. The van der Waals surface area contributed by atoms with Gasteiger partial charge in [-0.3, -0.25) is 4.40 Å². The number of aryl methyl sites for hydroxylation is 2. The Morgan fingerprint density at radius 1 is 1.15 bits per heavy atom. The maximum absolute atomic E-state index is 13.6. The maximum Gasteiger partial charge on any atom is 0.125 e. The Balaban J connectivity index is 2.47. The van der Waals surface area contributed by atoms with Gasteiger partial charge in [-0.05, 0) is 31.9 Å². The number of benzene rings is 1. The van der Waals surface area contributed by atoms with Gasteiger partial charge in [-0.2, -0.15) is 0 Å². The number of halogens is 1. The van der Waals surface area contributed by atoms with Crippen LogP contribution in [0, 0.1) is 25.6 Å². The van der Waals surface area contributed by atoms with Gasteiger partial charge in [0.2, 0.25) is 0 Å². The van der Waals surface area contributed by atoms with Crippen LogP contribution in [-0.4, -0.2) is 14.4 Å². The molecule has 0 atom stereocenters. The molecule has 0 N–H and O–H groups in total. The Bertz CT molecular complexity index is 802. The Morgan fingerprint density at radius 2 is 1.85 bits per heavy atom. The fraction of sp³-hybridized carbons (Fsp3) is 0.375. The quantitative estimate of drug-likeness (QED) is 0.709. The molecule has 0 aliphatic rings. The Hall–Kier alpha value is -1.97. The molecule has 104 valence electrons. The molecule has 2 aromatic heterocycles. The SMILES string of the molecule is Cc1nc(CC(C)C)n2c1c(C)nc1ccc(F)cc12. The van der Waals surface area contributed by atoms with Gasteiger partial charge in [0.15, 0.2) is 0 Å². The van der Waals surface area contributed by atoms with E-state index >= 15 is 0 Å². The van der Waals surface area contributed by atoms with Crippen molar-refractivity contribution in [1.82, 2.24) is 14.4 Å². The lowest BCUT2D eigenvalue weighted by atomic mass is 10.1. The Labute approximate surface area is 117 Å². The molecule has 4 heteroatoms. The highest BCUT2D eigenvalue weighted by atomic mass is 19.1. The summed E-state index contributed by atoms with van der Waals surface area (Å²) in [5.41, 5.74) is 4.49. The van der Waals surface area contributed by atoms with Crippen molar-refractivity contribution in [2.75, 3.05) is 0 Å². The van der Waals surface area contributed by atoms with Crippen LogP contribution in [0.1, 0.15) is 31.1 Å². The lowest BCUT2D eigenvalue weighted by Crippen LogP contribution is -2.03. The molecule has 0 fully saturated rings. The minimum absolute atomic E-state index is 0.244. The number of nitrogens with zero attached hydrogens (tertiary/aromatic N) is 3. The minimum Gasteiger partial charge on any atom is -0.293 e. The van der Waals surface area contributed by atoms with E-state index in [2.05, 4.69) is 28.2 Å². The van der Waals surface area contributed by atoms with E-state index in [0.717, 1.165) is 40.2 Å². The van der Waals surface area contributed by atoms with Crippen LogP contribution in [0.4, 0.5) is 4.39 Å². The number of hydrogen-bond acceptors (Lipinski definition) is 2. The summed E-state index contributed by atoms with van der Waals surface area (Å²) >= 11 is 0. The summed E-state index contributed by atoms with van der Waals surface area (Å²) in [4.78, 5) is 9.24. The smallest absolute Gasteiger partial charge is 0.125 e. The van der Waals surface area contributed by atoms with Crippen LogP contribution in [0.5, 0.6) is 0 Å². The van der Waals surface area contributed by atoms with Crippen LogP contribution >= 0.6 is 0 Å². The van der Waals surface area contributed by atoms with E-state index in [4.69, 9.17) is 0 Å². The van der Waals surface area contributed by atoms with E-state index in [1.807, 2.05) is 13.8 Å². The maximum atomic E-state index is 13.6. The highest BCUT2D eigenvalue weighted by molar-refractivity contribution is 5.80. The first kappa shape index (κ1) is 13.0. The molecule has 0 aliphatic carbocycles. The lowest BCUT2D eigenvalue weighted by molar-refractivity contribution is 0.618. The lowest BCUT2D eigenvalue weighted by Gasteiger charge is -2.09. The Kier molecular flexibility index (Phi) is 2.96. The van der Waals surface area contributed by atoms with Crippen LogP contribution in [0.2, 0.25) is 0 Å². The summed E-state index contributed by atoms with van der Waals surface area (Å²) < 4.78 is 15.7. The summed E-state index contributed by atoms with van der Waals surface area (Å²) in [5.74, 6) is 1.23. The molecule has 0 saturated carbocycles. The van der Waals surface area contributed by atoms with E-state index in [9.17, 15) is 4.39 Å². The van der Waals surface area contributed by atoms with Gasteiger partial charge >= 0.3 is 0 Å². The largest absolute Gasteiger partial charge is 0.293 e. The van der Waals surface area contributed by atoms with Crippen molar-refractivity contribution in [3.8, 4) is 0 Å². The molecule has 0 spiro atoms. The van der Waals surface area contributed by atoms with Gasteiger partial charge in [0.1, 0.15) is 11.6 Å². The fourth-order valence-corrected chi connectivity index (χ4v) is 2.78. The van der Waals surface area contributed by atoms with Crippen molar-refractivity contribution >= 4 is 16.6 Å². The molecule has 1 aromatic carbocycles. The standard InChI is InChI=1S/C16H18FN3/c1-9(2)7-15-19-11(4)16-10(3)18-13-6-5-12(17)8-14(13)20(15)16/h5-6,8-9H,7H2,1-4H3. The predicted octanol–water partition coefficient (Wildman–Crippen LogP) is 3.84. The van der Waals surface area contributed by atoms with Crippen molar-refractivity contribution in [2.45, 2.75) is 34.1 Å². The zero-order valence-electron chi connectivity index (χ0n) is 12.2. The summed E-state index contributed by atoms with van der Waals surface area (Å²) in [6.07, 6.45) is 0.865. The van der Waals surface area contributed by atoms with Crippen molar-refractivity contribution in [3.05, 3.63) is 41.2 Å². The normalized spacial score (nSPS) is 11.9. The number of rotatable bonds is 2. The van der Waals surface area contributed by atoms with Crippen LogP contribution in [0.15, 0.2) is 18.2 Å². The van der Waals surface area contributed by atoms with Gasteiger partial charge in [0.25, 0.3) is 0 Å². The molecule has 3 nitrogen and oxygen atoms in total. The van der Waals surface area contributed by atoms with Crippen molar-refractivity contribution < 1.29 is 4.39 Å². The van der Waals surface area contributed by atoms with E-state index < -0.39 is 0 Å². The van der Waals surface area contributed by atoms with E-state index in [1.54, 1.807) is 12.1 Å². The van der Waals surface area contributed by atoms with Crippen LogP contribution < -0.4 is 0 Å². The topological polar surface area (TPSA) is 30.2 Å². The monoisotopic (exact) mass is 271 g/mol. The second-order valence-electron chi connectivity index (χ2n) is 5.73. The number of aromatic nitrogens is 3. The highest BCUT2D eigenvalue weighted by Crippen LogP contribution is 2.24. The van der Waals surface area contributed by atoms with Gasteiger partial charge in [0, 0.05) is 12.5 Å². The summed E-state index contributed by atoms with van der Waals surface area (Å²) in [7, 11) is 0. The van der Waals surface area contributed by atoms with Gasteiger partial charge in [0.05, 0.1) is 27.9 Å². The van der Waals surface area contributed by atoms with E-state index in [-0.39, 0.29) is 5.82 Å². The van der Waals surface area contributed by atoms with Gasteiger partial charge < -0.3 is 0 Å². The molecule has 20 heavy (non-hydrogen) atoms. The molecule has 3 rings (SSSR count). The molecule has 0 aliphatic heterocycles. The van der Waals surface area contributed by atoms with E-state index in [0.29, 0.717) is 5.92 Å². The summed E-state index contributed by atoms with van der Waals surface area (Å²) in [6.45, 7) is 8.28. The average Bonchev–Trinajstić information content (AvgIpc) is 2.67. The van der Waals surface area contributed by atoms with Crippen LogP contribution in [0.3, 0.4) is 0 Å². The number of hydrogen-bond donors (Lipinski definition) is 0. The van der Waals surface area contributed by atoms with Crippen LogP contribution in [-0.2, 0) is 6.42 Å². The molecule has 0 amide bonds. The van der Waals surface area contributed by atoms with Gasteiger partial charge in [-0.15, -0.1) is 0 Å². The molecule has 0 saturated heterocycles. The summed E-state index contributed by atoms with van der Waals surface area (Å²) in [6, 6.07) is 4.72. The fourth-order valence-electron chi connectivity index (χ4n) is 2.78. The number of fused-ring (bicyclic) bond motifs is 3. The number of imidazole rings is 1. The van der Waals surface area contributed by atoms with Gasteiger partial charge in [-0.1, -0.05) is 13.8 Å². The third kappa shape index (κ3) is 1.96. The minimum atomic E-state index is -0.244. The zero-order valence-corrected chi connectivity index (χ0v) is 12.2. The molecule has 2 heterocycles. The zero-order chi connectivity index (χ0) is 14.4. The Morgan fingerprint density at radius 3 is 2.55 bits per heavy atom. The van der Waals surface area contributed by atoms with Crippen LogP contribution in [0.25, 0.3) is 16.6 Å². The predicted molar refractivity (Wildman–Crippen MR) is 78.5 cm³/mol. The molecule has 0 unspecified atom stereocenters. The summed E-state index contributed by atoms with van der Waals surface area (Å²) in [5, 5.41) is 0. The average molecular weight is 271 g/mol. The molecular formula is C16H18FN3.